The lowest BCUT2D eigenvalue weighted by atomic mass is 10.1. The second-order valence-electron chi connectivity index (χ2n) is 4.79. The zero-order valence-corrected chi connectivity index (χ0v) is 11.5. The van der Waals surface area contributed by atoms with E-state index in [0.717, 1.165) is 23.1 Å². The van der Waals surface area contributed by atoms with Gasteiger partial charge in [0, 0.05) is 31.2 Å². The number of hydrogen-bond donors (Lipinski definition) is 1. The Morgan fingerprint density at radius 2 is 2.42 bits per heavy atom. The summed E-state index contributed by atoms with van der Waals surface area (Å²) in [7, 11) is 0. The van der Waals surface area contributed by atoms with Gasteiger partial charge in [-0.2, -0.15) is 0 Å². The number of hydrogen-bond acceptors (Lipinski definition) is 5. The van der Waals surface area contributed by atoms with Crippen LogP contribution in [0.3, 0.4) is 0 Å². The lowest BCUT2D eigenvalue weighted by Crippen LogP contribution is -2.54. The number of nitrogens with one attached hydrogen (secondary N) is 1. The number of nitrogens with zero attached hydrogens (tertiary/aromatic N) is 3. The van der Waals surface area contributed by atoms with Crippen LogP contribution in [-0.4, -0.2) is 35.1 Å². The second kappa shape index (κ2) is 4.86. The highest BCUT2D eigenvalue weighted by molar-refractivity contribution is 7.21. The topological polar surface area (TPSA) is 41.1 Å². The molecule has 0 aliphatic carbocycles. The van der Waals surface area contributed by atoms with Crippen LogP contribution >= 0.6 is 11.3 Å². The third-order valence-electron chi connectivity index (χ3n) is 3.17. The first-order valence-electron chi connectivity index (χ1n) is 6.21. The van der Waals surface area contributed by atoms with Crippen LogP contribution in [0.1, 0.15) is 6.92 Å². The van der Waals surface area contributed by atoms with Crippen molar-refractivity contribution in [2.45, 2.75) is 19.0 Å². The van der Waals surface area contributed by atoms with E-state index in [0.29, 0.717) is 11.6 Å². The smallest absolute Gasteiger partial charge is 0.188 e. The molecule has 2 aromatic rings. The first-order chi connectivity index (χ1) is 9.15. The van der Waals surface area contributed by atoms with Crippen LogP contribution in [0.2, 0.25) is 0 Å². The van der Waals surface area contributed by atoms with Crippen molar-refractivity contribution in [3.63, 3.8) is 0 Å². The van der Waals surface area contributed by atoms with Gasteiger partial charge in [-0.25, -0.2) is 14.4 Å². The largest absolute Gasteiger partial charge is 0.345 e. The fourth-order valence-corrected chi connectivity index (χ4v) is 3.24. The molecule has 19 heavy (non-hydrogen) atoms. The Morgan fingerprint density at radius 3 is 3.21 bits per heavy atom. The molecule has 1 N–H and O–H groups in total. The number of pyridine rings is 1. The number of piperazine rings is 1. The van der Waals surface area contributed by atoms with E-state index >= 15 is 0 Å². The average molecular weight is 278 g/mol. The molecule has 2 atom stereocenters. The summed E-state index contributed by atoms with van der Waals surface area (Å²) in [6, 6.07) is 2.05. The van der Waals surface area contributed by atoms with E-state index < -0.39 is 0 Å². The predicted molar refractivity (Wildman–Crippen MR) is 76.2 cm³/mol. The van der Waals surface area contributed by atoms with Crippen LogP contribution in [0.25, 0.3) is 10.3 Å². The molecule has 4 nitrogen and oxygen atoms in total. The number of halogens is 1. The lowest BCUT2D eigenvalue weighted by molar-refractivity contribution is 0.431. The summed E-state index contributed by atoms with van der Waals surface area (Å²) in [5, 5.41) is 4.35. The van der Waals surface area contributed by atoms with E-state index in [1.54, 1.807) is 0 Å². The van der Waals surface area contributed by atoms with Gasteiger partial charge in [0.05, 0.1) is 6.20 Å². The molecule has 3 heterocycles. The summed E-state index contributed by atoms with van der Waals surface area (Å²) in [6.07, 6.45) is 3.14. The number of anilines is 1. The number of rotatable bonds is 2. The summed E-state index contributed by atoms with van der Waals surface area (Å²) < 4.78 is 13.1. The summed E-state index contributed by atoms with van der Waals surface area (Å²) >= 11 is 1.50. The van der Waals surface area contributed by atoms with E-state index in [-0.39, 0.29) is 11.9 Å². The van der Waals surface area contributed by atoms with Crippen LogP contribution in [-0.2, 0) is 0 Å². The predicted octanol–water partition coefficient (Wildman–Crippen LogP) is 2.18. The first kappa shape index (κ1) is 12.5. The van der Waals surface area contributed by atoms with Crippen molar-refractivity contribution in [1.29, 1.82) is 0 Å². The Morgan fingerprint density at radius 1 is 1.58 bits per heavy atom. The Kier molecular flexibility index (Phi) is 3.20. The minimum absolute atomic E-state index is 0.250. The molecule has 3 rings (SSSR count). The maximum absolute atomic E-state index is 13.1. The SMILES string of the molecule is C=C[C@H]1CN(c2nc3cc(F)cnc3s2)C[C@@H](C)N1. The van der Waals surface area contributed by atoms with E-state index in [2.05, 4.69) is 33.7 Å². The van der Waals surface area contributed by atoms with Gasteiger partial charge in [-0.15, -0.1) is 6.58 Å². The van der Waals surface area contributed by atoms with E-state index in [1.807, 2.05) is 6.08 Å². The molecule has 0 bridgehead atoms. The molecule has 0 radical (unpaired) electrons. The highest BCUT2D eigenvalue weighted by atomic mass is 32.1. The summed E-state index contributed by atoms with van der Waals surface area (Å²) in [4.78, 5) is 11.5. The monoisotopic (exact) mass is 278 g/mol. The van der Waals surface area contributed by atoms with Crippen molar-refractivity contribution >= 4 is 26.8 Å². The number of thiazole rings is 1. The Balaban J connectivity index is 1.92. The molecule has 1 aliphatic heterocycles. The van der Waals surface area contributed by atoms with Crippen molar-refractivity contribution in [3.05, 3.63) is 30.7 Å². The zero-order valence-electron chi connectivity index (χ0n) is 10.6. The third-order valence-corrected chi connectivity index (χ3v) is 4.21. The normalized spacial score (nSPS) is 23.8. The Bertz CT molecular complexity index is 612. The van der Waals surface area contributed by atoms with Gasteiger partial charge in [-0.05, 0) is 6.92 Å². The van der Waals surface area contributed by atoms with Gasteiger partial charge in [0.25, 0.3) is 0 Å². The van der Waals surface area contributed by atoms with Crippen molar-refractivity contribution < 1.29 is 4.39 Å². The average Bonchev–Trinajstić information content (AvgIpc) is 2.80. The van der Waals surface area contributed by atoms with Gasteiger partial charge < -0.3 is 10.2 Å². The molecule has 0 saturated carbocycles. The minimum Gasteiger partial charge on any atom is -0.345 e. The van der Waals surface area contributed by atoms with Gasteiger partial charge in [0.15, 0.2) is 5.13 Å². The Labute approximate surface area is 115 Å². The fourth-order valence-electron chi connectivity index (χ4n) is 2.33. The van der Waals surface area contributed by atoms with Gasteiger partial charge in [-0.3, -0.25) is 0 Å². The first-order valence-corrected chi connectivity index (χ1v) is 7.03. The van der Waals surface area contributed by atoms with Gasteiger partial charge in [-0.1, -0.05) is 17.4 Å². The molecule has 0 amide bonds. The van der Waals surface area contributed by atoms with E-state index in [1.165, 1.54) is 23.6 Å². The lowest BCUT2D eigenvalue weighted by Gasteiger charge is -2.36. The standard InChI is InChI=1S/C13H15FN4S/c1-3-10-7-18(6-8(2)16-10)13-17-11-4-9(14)5-15-12(11)19-13/h3-5,8,10,16H,1,6-7H2,2H3/t8-,10+/m1/s1. The number of aromatic nitrogens is 2. The molecular formula is C13H15FN4S. The molecule has 0 aromatic carbocycles. The van der Waals surface area contributed by atoms with Crippen LogP contribution < -0.4 is 10.2 Å². The third kappa shape index (κ3) is 2.46. The van der Waals surface area contributed by atoms with Crippen molar-refractivity contribution in [1.82, 2.24) is 15.3 Å². The summed E-state index contributed by atoms with van der Waals surface area (Å²) in [5.41, 5.74) is 0.626. The number of fused-ring (bicyclic) bond motifs is 1. The molecule has 1 fully saturated rings. The zero-order chi connectivity index (χ0) is 13.4. The van der Waals surface area contributed by atoms with Crippen molar-refractivity contribution in [2.24, 2.45) is 0 Å². The quantitative estimate of drug-likeness (QED) is 0.855. The van der Waals surface area contributed by atoms with E-state index in [9.17, 15) is 4.39 Å². The van der Waals surface area contributed by atoms with Crippen LogP contribution in [0, 0.1) is 5.82 Å². The highest BCUT2D eigenvalue weighted by Gasteiger charge is 2.24. The molecule has 1 aliphatic rings. The fraction of sp³-hybridized carbons (Fsp3) is 0.385. The molecule has 100 valence electrons. The molecular weight excluding hydrogens is 263 g/mol. The highest BCUT2D eigenvalue weighted by Crippen LogP contribution is 2.28. The molecule has 6 heteroatoms. The van der Waals surface area contributed by atoms with Crippen LogP contribution in [0.15, 0.2) is 24.9 Å². The van der Waals surface area contributed by atoms with Crippen LogP contribution in [0.5, 0.6) is 0 Å². The second-order valence-corrected chi connectivity index (χ2v) is 5.75. The maximum atomic E-state index is 13.1. The van der Waals surface area contributed by atoms with Crippen molar-refractivity contribution in [2.75, 3.05) is 18.0 Å². The molecule has 2 aromatic heterocycles. The summed E-state index contributed by atoms with van der Waals surface area (Å²) in [6.45, 7) is 7.68. The molecule has 0 spiro atoms. The Hall–Kier alpha value is -1.53. The summed E-state index contributed by atoms with van der Waals surface area (Å²) in [5.74, 6) is -0.345. The van der Waals surface area contributed by atoms with Gasteiger partial charge in [0.1, 0.15) is 16.2 Å². The molecule has 1 saturated heterocycles. The molecule has 0 unspecified atom stereocenters. The van der Waals surface area contributed by atoms with Crippen molar-refractivity contribution in [3.8, 4) is 0 Å². The van der Waals surface area contributed by atoms with E-state index in [4.69, 9.17) is 0 Å². The van der Waals surface area contributed by atoms with Gasteiger partial charge >= 0.3 is 0 Å². The minimum atomic E-state index is -0.345. The van der Waals surface area contributed by atoms with Gasteiger partial charge in [0.2, 0.25) is 0 Å². The van der Waals surface area contributed by atoms with Crippen LogP contribution in [0.4, 0.5) is 9.52 Å². The maximum Gasteiger partial charge on any atom is 0.188 e.